The summed E-state index contributed by atoms with van der Waals surface area (Å²) in [4.78, 5) is 21.2. The molecule has 2 aromatic rings. The van der Waals surface area contributed by atoms with Gasteiger partial charge in [-0.3, -0.25) is 0 Å². The van der Waals surface area contributed by atoms with Crippen LogP contribution >= 0.6 is 0 Å². The summed E-state index contributed by atoms with van der Waals surface area (Å²) >= 11 is 0. The zero-order valence-electron chi connectivity index (χ0n) is 14.7. The topological polar surface area (TPSA) is 67.4 Å². The molecule has 1 aliphatic rings. The lowest BCUT2D eigenvalue weighted by Crippen LogP contribution is -2.46. The third kappa shape index (κ3) is 4.87. The van der Waals surface area contributed by atoms with E-state index < -0.39 is 18.0 Å². The van der Waals surface area contributed by atoms with E-state index in [9.17, 15) is 18.0 Å². The van der Waals surface area contributed by atoms with Crippen molar-refractivity contribution < 1.29 is 22.7 Å². The molecule has 1 aromatic heterocycles. The van der Waals surface area contributed by atoms with Crippen molar-refractivity contribution in [1.82, 2.24) is 14.9 Å². The number of amides is 2. The minimum Gasteiger partial charge on any atom is -0.458 e. The van der Waals surface area contributed by atoms with Gasteiger partial charge in [0.15, 0.2) is 5.69 Å². The predicted molar refractivity (Wildman–Crippen MR) is 92.5 cm³/mol. The number of anilines is 1. The molecule has 6 nitrogen and oxygen atoms in total. The molecule has 9 heteroatoms. The van der Waals surface area contributed by atoms with Gasteiger partial charge in [-0.25, -0.2) is 9.78 Å². The van der Waals surface area contributed by atoms with Crippen molar-refractivity contribution in [3.63, 3.8) is 0 Å². The molecule has 1 aliphatic heterocycles. The molecule has 1 unspecified atom stereocenters. The Labute approximate surface area is 154 Å². The van der Waals surface area contributed by atoms with Crippen molar-refractivity contribution >= 4 is 11.7 Å². The number of alkyl halides is 3. The lowest BCUT2D eigenvalue weighted by atomic mass is 10.1. The van der Waals surface area contributed by atoms with E-state index in [1.54, 1.807) is 4.90 Å². The molecule has 1 saturated heterocycles. The van der Waals surface area contributed by atoms with E-state index >= 15 is 0 Å². The molecular weight excluding hydrogens is 361 g/mol. The summed E-state index contributed by atoms with van der Waals surface area (Å²) in [6.07, 6.45) is -2.74. The SMILES string of the molecule is Cc1ccccc1NC(=O)N1CCCC(Oc2nccc(C(F)(F)F)n2)C1. The van der Waals surface area contributed by atoms with E-state index in [1.807, 2.05) is 31.2 Å². The van der Waals surface area contributed by atoms with Crippen LogP contribution in [-0.2, 0) is 6.18 Å². The minimum atomic E-state index is -4.56. The first-order chi connectivity index (χ1) is 12.8. The van der Waals surface area contributed by atoms with Gasteiger partial charge in [-0.05, 0) is 37.5 Å². The number of likely N-dealkylation sites (tertiary alicyclic amines) is 1. The Kier molecular flexibility index (Phi) is 5.48. The lowest BCUT2D eigenvalue weighted by Gasteiger charge is -2.32. The van der Waals surface area contributed by atoms with Crippen LogP contribution in [0.15, 0.2) is 36.5 Å². The fourth-order valence-corrected chi connectivity index (χ4v) is 2.83. The van der Waals surface area contributed by atoms with Crippen molar-refractivity contribution in [3.05, 3.63) is 47.8 Å². The first-order valence-electron chi connectivity index (χ1n) is 8.51. The molecule has 0 radical (unpaired) electrons. The number of urea groups is 1. The molecule has 0 bridgehead atoms. The predicted octanol–water partition coefficient (Wildman–Crippen LogP) is 3.88. The number of rotatable bonds is 3. The number of nitrogens with zero attached hydrogens (tertiary/aromatic N) is 3. The second-order valence-electron chi connectivity index (χ2n) is 6.30. The first kappa shape index (κ1) is 18.9. The standard InChI is InChI=1S/C18H19F3N4O2/c1-12-5-2-3-7-14(12)23-17(26)25-10-4-6-13(11-25)27-16-22-9-8-15(24-16)18(19,20)21/h2-3,5,7-9,13H,4,6,10-11H2,1H3,(H,23,26). The average Bonchev–Trinajstić information content (AvgIpc) is 2.63. The molecule has 1 N–H and O–H groups in total. The number of carbonyl (C=O) groups excluding carboxylic acids is 1. The van der Waals surface area contributed by atoms with Crippen LogP contribution in [0.2, 0.25) is 0 Å². The van der Waals surface area contributed by atoms with Gasteiger partial charge in [-0.15, -0.1) is 0 Å². The Morgan fingerprint density at radius 3 is 2.81 bits per heavy atom. The number of hydrogen-bond donors (Lipinski definition) is 1. The van der Waals surface area contributed by atoms with Gasteiger partial charge in [0, 0.05) is 18.4 Å². The maximum absolute atomic E-state index is 12.7. The van der Waals surface area contributed by atoms with Gasteiger partial charge in [0.25, 0.3) is 0 Å². The van der Waals surface area contributed by atoms with Crippen LogP contribution in [0.5, 0.6) is 6.01 Å². The highest BCUT2D eigenvalue weighted by Crippen LogP contribution is 2.28. The highest BCUT2D eigenvalue weighted by Gasteiger charge is 2.33. The van der Waals surface area contributed by atoms with Gasteiger partial charge in [0.2, 0.25) is 0 Å². The van der Waals surface area contributed by atoms with Gasteiger partial charge >= 0.3 is 18.2 Å². The normalized spacial score (nSPS) is 17.5. The Hall–Kier alpha value is -2.84. The number of nitrogens with one attached hydrogen (secondary N) is 1. The van der Waals surface area contributed by atoms with Crippen LogP contribution in [-0.4, -0.2) is 40.1 Å². The molecular formula is C18H19F3N4O2. The summed E-state index contributed by atoms with van der Waals surface area (Å²) in [5, 5.41) is 2.84. The zero-order valence-corrected chi connectivity index (χ0v) is 14.7. The number of halogens is 3. The molecule has 0 spiro atoms. The highest BCUT2D eigenvalue weighted by molar-refractivity contribution is 5.90. The van der Waals surface area contributed by atoms with Gasteiger partial charge in [0.1, 0.15) is 6.10 Å². The van der Waals surface area contributed by atoms with Crippen molar-refractivity contribution in [2.24, 2.45) is 0 Å². The molecule has 3 rings (SSSR count). The molecule has 1 aromatic carbocycles. The number of benzene rings is 1. The molecule has 1 fully saturated rings. The second kappa shape index (κ2) is 7.81. The molecule has 27 heavy (non-hydrogen) atoms. The second-order valence-corrected chi connectivity index (χ2v) is 6.30. The summed E-state index contributed by atoms with van der Waals surface area (Å²) in [5.74, 6) is 0. The van der Waals surface area contributed by atoms with Crippen molar-refractivity contribution in [2.75, 3.05) is 18.4 Å². The van der Waals surface area contributed by atoms with Gasteiger partial charge < -0.3 is 15.0 Å². The number of aryl methyl sites for hydroxylation is 1. The van der Waals surface area contributed by atoms with Crippen LogP contribution in [0.3, 0.4) is 0 Å². The third-order valence-electron chi connectivity index (χ3n) is 4.25. The number of carbonyl (C=O) groups is 1. The number of hydrogen-bond acceptors (Lipinski definition) is 4. The largest absolute Gasteiger partial charge is 0.458 e. The monoisotopic (exact) mass is 380 g/mol. The van der Waals surface area contributed by atoms with E-state index in [0.29, 0.717) is 25.1 Å². The number of ether oxygens (including phenoxy) is 1. The fraction of sp³-hybridized carbons (Fsp3) is 0.389. The van der Waals surface area contributed by atoms with Crippen molar-refractivity contribution in [2.45, 2.75) is 32.0 Å². The zero-order chi connectivity index (χ0) is 19.4. The Balaban J connectivity index is 1.63. The van der Waals surface area contributed by atoms with Crippen molar-refractivity contribution in [1.29, 1.82) is 0 Å². The van der Waals surface area contributed by atoms with Crippen molar-refractivity contribution in [3.8, 4) is 6.01 Å². The molecule has 0 aliphatic carbocycles. The van der Waals surface area contributed by atoms with E-state index in [-0.39, 0.29) is 18.6 Å². The number of piperidine rings is 1. The summed E-state index contributed by atoms with van der Waals surface area (Å²) < 4.78 is 43.7. The smallest absolute Gasteiger partial charge is 0.433 e. The van der Waals surface area contributed by atoms with E-state index in [2.05, 4.69) is 15.3 Å². The molecule has 2 heterocycles. The Bertz CT molecular complexity index is 813. The Morgan fingerprint density at radius 2 is 2.07 bits per heavy atom. The summed E-state index contributed by atoms with van der Waals surface area (Å²) in [6, 6.07) is 7.58. The van der Waals surface area contributed by atoms with Crippen LogP contribution in [0.1, 0.15) is 24.1 Å². The molecule has 0 saturated carbocycles. The van der Waals surface area contributed by atoms with E-state index in [4.69, 9.17) is 4.74 Å². The van der Waals surface area contributed by atoms with Crippen LogP contribution in [0.25, 0.3) is 0 Å². The number of aromatic nitrogens is 2. The molecule has 1 atom stereocenters. The average molecular weight is 380 g/mol. The number of para-hydroxylation sites is 1. The maximum Gasteiger partial charge on any atom is 0.433 e. The highest BCUT2D eigenvalue weighted by atomic mass is 19.4. The molecule has 2 amide bonds. The minimum absolute atomic E-state index is 0.247. The Morgan fingerprint density at radius 1 is 1.30 bits per heavy atom. The van der Waals surface area contributed by atoms with E-state index in [1.165, 1.54) is 0 Å². The summed E-state index contributed by atoms with van der Waals surface area (Å²) in [7, 11) is 0. The van der Waals surface area contributed by atoms with E-state index in [0.717, 1.165) is 17.8 Å². The van der Waals surface area contributed by atoms with Crippen LogP contribution in [0.4, 0.5) is 23.7 Å². The lowest BCUT2D eigenvalue weighted by molar-refractivity contribution is -0.141. The third-order valence-corrected chi connectivity index (χ3v) is 4.25. The van der Waals surface area contributed by atoms with Crippen LogP contribution < -0.4 is 10.1 Å². The summed E-state index contributed by atoms with van der Waals surface area (Å²) in [5.41, 5.74) is 0.595. The van der Waals surface area contributed by atoms with Gasteiger partial charge in [-0.1, -0.05) is 18.2 Å². The van der Waals surface area contributed by atoms with Crippen LogP contribution in [0, 0.1) is 6.92 Å². The summed E-state index contributed by atoms with van der Waals surface area (Å²) in [6.45, 7) is 2.68. The van der Waals surface area contributed by atoms with Gasteiger partial charge in [0.05, 0.1) is 6.54 Å². The maximum atomic E-state index is 12.7. The first-order valence-corrected chi connectivity index (χ1v) is 8.51. The van der Waals surface area contributed by atoms with Gasteiger partial charge in [-0.2, -0.15) is 18.2 Å². The fourth-order valence-electron chi connectivity index (χ4n) is 2.83. The molecule has 144 valence electrons. The quantitative estimate of drug-likeness (QED) is 0.878.